The van der Waals surface area contributed by atoms with Crippen molar-refractivity contribution in [2.75, 3.05) is 19.9 Å². The number of allylic oxidation sites excluding steroid dienone is 1. The molecular formula is C16H19NO2. The molecule has 0 aromatic heterocycles. The lowest BCUT2D eigenvalue weighted by molar-refractivity contribution is 0.174. The maximum atomic E-state index is 5.37. The minimum atomic E-state index is 0.322. The molecule has 0 radical (unpaired) electrons. The molecule has 19 heavy (non-hydrogen) atoms. The van der Waals surface area contributed by atoms with Crippen molar-refractivity contribution in [1.82, 2.24) is 4.90 Å². The molecule has 0 amide bonds. The maximum absolute atomic E-state index is 5.37. The zero-order valence-electron chi connectivity index (χ0n) is 11.1. The molecule has 3 nitrogen and oxygen atoms in total. The number of likely N-dealkylation sites (tertiary alicyclic amines) is 1. The van der Waals surface area contributed by atoms with E-state index in [4.69, 9.17) is 9.47 Å². The molecule has 0 spiro atoms. The van der Waals surface area contributed by atoms with Crippen LogP contribution >= 0.6 is 0 Å². The van der Waals surface area contributed by atoms with E-state index in [1.54, 1.807) is 0 Å². The second-order valence-electron chi connectivity index (χ2n) is 4.99. The van der Waals surface area contributed by atoms with Crippen LogP contribution in [0.2, 0.25) is 0 Å². The average molecular weight is 257 g/mol. The topological polar surface area (TPSA) is 21.7 Å². The van der Waals surface area contributed by atoms with Gasteiger partial charge in [0.1, 0.15) is 0 Å². The van der Waals surface area contributed by atoms with Gasteiger partial charge in [-0.25, -0.2) is 0 Å². The molecule has 3 rings (SSSR count). The lowest BCUT2D eigenvalue weighted by Gasteiger charge is -2.28. The molecule has 1 aromatic rings. The Bertz CT molecular complexity index is 501. The summed E-state index contributed by atoms with van der Waals surface area (Å²) >= 11 is 0. The summed E-state index contributed by atoms with van der Waals surface area (Å²) < 4.78 is 10.7. The van der Waals surface area contributed by atoms with E-state index in [0.29, 0.717) is 6.79 Å². The van der Waals surface area contributed by atoms with Gasteiger partial charge in [0.05, 0.1) is 0 Å². The molecule has 0 saturated carbocycles. The first-order valence-corrected chi connectivity index (χ1v) is 6.84. The monoisotopic (exact) mass is 257 g/mol. The van der Waals surface area contributed by atoms with Crippen LogP contribution in [0, 0.1) is 0 Å². The summed E-state index contributed by atoms with van der Waals surface area (Å²) in [6.45, 7) is 6.73. The van der Waals surface area contributed by atoms with Crippen molar-refractivity contribution in [3.8, 4) is 11.5 Å². The molecule has 2 aliphatic heterocycles. The molecule has 1 fully saturated rings. The van der Waals surface area contributed by atoms with Crippen LogP contribution in [-0.2, 0) is 0 Å². The summed E-state index contributed by atoms with van der Waals surface area (Å²) in [4.78, 5) is 2.35. The Hall–Kier alpha value is -1.90. The Morgan fingerprint density at radius 3 is 2.74 bits per heavy atom. The largest absolute Gasteiger partial charge is 0.454 e. The fourth-order valence-corrected chi connectivity index (χ4v) is 2.50. The third-order valence-corrected chi connectivity index (χ3v) is 3.63. The highest BCUT2D eigenvalue weighted by Gasteiger charge is 2.13. The van der Waals surface area contributed by atoms with Crippen LogP contribution in [0.1, 0.15) is 24.8 Å². The average Bonchev–Trinajstić information content (AvgIpc) is 2.93. The van der Waals surface area contributed by atoms with Crippen molar-refractivity contribution < 1.29 is 9.47 Å². The minimum Gasteiger partial charge on any atom is -0.454 e. The smallest absolute Gasteiger partial charge is 0.231 e. The Morgan fingerprint density at radius 2 is 1.89 bits per heavy atom. The molecule has 0 aliphatic carbocycles. The number of piperidine rings is 1. The van der Waals surface area contributed by atoms with Crippen LogP contribution in [0.4, 0.5) is 0 Å². The molecular weight excluding hydrogens is 238 g/mol. The van der Waals surface area contributed by atoms with Gasteiger partial charge in [0.2, 0.25) is 6.79 Å². The van der Waals surface area contributed by atoms with E-state index in [1.807, 2.05) is 18.2 Å². The lowest BCUT2D eigenvalue weighted by atomic mass is 10.1. The summed E-state index contributed by atoms with van der Waals surface area (Å²) in [5.41, 5.74) is 2.21. The van der Waals surface area contributed by atoms with E-state index < -0.39 is 0 Å². The van der Waals surface area contributed by atoms with Crippen LogP contribution in [0.15, 0.2) is 36.6 Å². The molecule has 0 unspecified atom stereocenters. The third-order valence-electron chi connectivity index (χ3n) is 3.63. The molecule has 100 valence electrons. The first-order chi connectivity index (χ1) is 9.33. The van der Waals surface area contributed by atoms with Gasteiger partial charge in [0.15, 0.2) is 11.5 Å². The number of hydrogen-bond acceptors (Lipinski definition) is 3. The van der Waals surface area contributed by atoms with Gasteiger partial charge >= 0.3 is 0 Å². The number of ether oxygens (including phenoxy) is 2. The zero-order chi connectivity index (χ0) is 13.1. The van der Waals surface area contributed by atoms with Crippen molar-refractivity contribution in [2.24, 2.45) is 0 Å². The Morgan fingerprint density at radius 1 is 1.11 bits per heavy atom. The fourth-order valence-electron chi connectivity index (χ4n) is 2.50. The molecule has 1 saturated heterocycles. The van der Waals surface area contributed by atoms with Gasteiger partial charge in [-0.15, -0.1) is 0 Å². The molecule has 2 heterocycles. The molecule has 3 heteroatoms. The van der Waals surface area contributed by atoms with Gasteiger partial charge in [-0.1, -0.05) is 18.7 Å². The standard InChI is InChI=1S/C16H19NO2/c1-13(17-9-3-2-4-10-17)5-6-14-7-8-15-16(11-14)19-12-18-15/h5-8,11H,1-4,9-10,12H2/b6-5+. The quantitative estimate of drug-likeness (QED) is 0.774. The van der Waals surface area contributed by atoms with E-state index >= 15 is 0 Å². The van der Waals surface area contributed by atoms with Crippen LogP contribution in [0.3, 0.4) is 0 Å². The Balaban J connectivity index is 1.66. The van der Waals surface area contributed by atoms with Crippen LogP contribution < -0.4 is 9.47 Å². The molecule has 0 bridgehead atoms. The van der Waals surface area contributed by atoms with Gasteiger partial charge in [-0.05, 0) is 43.0 Å². The summed E-state index contributed by atoms with van der Waals surface area (Å²) in [5.74, 6) is 1.65. The van der Waals surface area contributed by atoms with Gasteiger partial charge in [0.25, 0.3) is 0 Å². The van der Waals surface area contributed by atoms with Crippen molar-refractivity contribution >= 4 is 6.08 Å². The SMILES string of the molecule is C=C(/C=C/c1ccc2c(c1)OCO2)N1CCCCC1. The van der Waals surface area contributed by atoms with Gasteiger partial charge < -0.3 is 14.4 Å². The van der Waals surface area contributed by atoms with Crippen LogP contribution in [0.5, 0.6) is 11.5 Å². The first kappa shape index (κ1) is 12.2. The summed E-state index contributed by atoms with van der Waals surface area (Å²) in [6.07, 6.45) is 8.06. The summed E-state index contributed by atoms with van der Waals surface area (Å²) in [6, 6.07) is 5.99. The minimum absolute atomic E-state index is 0.322. The lowest BCUT2D eigenvalue weighted by Crippen LogP contribution is -2.27. The van der Waals surface area contributed by atoms with E-state index in [1.165, 1.54) is 19.3 Å². The van der Waals surface area contributed by atoms with Gasteiger partial charge in [0, 0.05) is 18.8 Å². The van der Waals surface area contributed by atoms with E-state index in [0.717, 1.165) is 35.8 Å². The van der Waals surface area contributed by atoms with Crippen molar-refractivity contribution in [1.29, 1.82) is 0 Å². The second kappa shape index (κ2) is 5.39. The van der Waals surface area contributed by atoms with Crippen LogP contribution in [-0.4, -0.2) is 24.8 Å². The van der Waals surface area contributed by atoms with Crippen molar-refractivity contribution in [2.45, 2.75) is 19.3 Å². The molecule has 1 aromatic carbocycles. The fraction of sp³-hybridized carbons (Fsp3) is 0.375. The molecule has 0 atom stereocenters. The molecule has 0 N–H and O–H groups in total. The van der Waals surface area contributed by atoms with Crippen LogP contribution in [0.25, 0.3) is 6.08 Å². The Kier molecular flexibility index (Phi) is 3.45. The first-order valence-electron chi connectivity index (χ1n) is 6.84. The van der Waals surface area contributed by atoms with Gasteiger partial charge in [-0.3, -0.25) is 0 Å². The summed E-state index contributed by atoms with van der Waals surface area (Å²) in [7, 11) is 0. The maximum Gasteiger partial charge on any atom is 0.231 e. The highest BCUT2D eigenvalue weighted by molar-refractivity contribution is 5.58. The van der Waals surface area contributed by atoms with E-state index in [2.05, 4.69) is 23.6 Å². The summed E-state index contributed by atoms with van der Waals surface area (Å²) in [5, 5.41) is 0. The number of nitrogens with zero attached hydrogens (tertiary/aromatic N) is 1. The third kappa shape index (κ3) is 2.75. The predicted molar refractivity (Wildman–Crippen MR) is 76.2 cm³/mol. The predicted octanol–water partition coefficient (Wildman–Crippen LogP) is 3.43. The second-order valence-corrected chi connectivity index (χ2v) is 4.99. The van der Waals surface area contributed by atoms with Crippen molar-refractivity contribution in [3.63, 3.8) is 0 Å². The highest BCUT2D eigenvalue weighted by atomic mass is 16.7. The number of benzene rings is 1. The number of rotatable bonds is 3. The molecule has 2 aliphatic rings. The zero-order valence-corrected chi connectivity index (χ0v) is 11.1. The normalized spacial score (nSPS) is 18.0. The van der Waals surface area contributed by atoms with E-state index in [9.17, 15) is 0 Å². The van der Waals surface area contributed by atoms with Gasteiger partial charge in [-0.2, -0.15) is 0 Å². The highest BCUT2D eigenvalue weighted by Crippen LogP contribution is 2.32. The number of fused-ring (bicyclic) bond motifs is 1. The Labute approximate surface area is 114 Å². The number of hydrogen-bond donors (Lipinski definition) is 0. The van der Waals surface area contributed by atoms with Crippen molar-refractivity contribution in [3.05, 3.63) is 42.1 Å². The van der Waals surface area contributed by atoms with E-state index in [-0.39, 0.29) is 0 Å².